The highest BCUT2D eigenvalue weighted by atomic mass is 19.1. The zero-order valence-electron chi connectivity index (χ0n) is 14.8. The third-order valence-corrected chi connectivity index (χ3v) is 5.04. The number of piperidine rings is 1. The van der Waals surface area contributed by atoms with Gasteiger partial charge in [0.25, 0.3) is 0 Å². The zero-order chi connectivity index (χ0) is 18.7. The van der Waals surface area contributed by atoms with Crippen molar-refractivity contribution in [3.63, 3.8) is 0 Å². The van der Waals surface area contributed by atoms with Gasteiger partial charge in [0, 0.05) is 26.1 Å². The number of esters is 1. The Morgan fingerprint density at radius 2 is 1.88 bits per heavy atom. The van der Waals surface area contributed by atoms with E-state index >= 15 is 0 Å². The number of anilines is 1. The molecule has 2 amide bonds. The second-order valence-electron chi connectivity index (χ2n) is 6.71. The molecule has 2 heterocycles. The van der Waals surface area contributed by atoms with E-state index in [0.29, 0.717) is 32.5 Å². The fourth-order valence-corrected chi connectivity index (χ4v) is 3.63. The summed E-state index contributed by atoms with van der Waals surface area (Å²) < 4.78 is 19.0. The maximum Gasteiger partial charge on any atom is 0.309 e. The molecule has 0 aliphatic carbocycles. The number of likely N-dealkylation sites (tertiary alicyclic amines) is 1. The van der Waals surface area contributed by atoms with Crippen molar-refractivity contribution in [1.29, 1.82) is 0 Å². The minimum atomic E-state index is -0.471. The van der Waals surface area contributed by atoms with Crippen molar-refractivity contribution in [3.8, 4) is 0 Å². The van der Waals surface area contributed by atoms with Crippen LogP contribution in [-0.4, -0.2) is 48.9 Å². The van der Waals surface area contributed by atoms with Gasteiger partial charge in [-0.1, -0.05) is 12.1 Å². The molecule has 6 nitrogen and oxygen atoms in total. The predicted molar refractivity (Wildman–Crippen MR) is 92.8 cm³/mol. The average molecular weight is 362 g/mol. The molecule has 2 aliphatic heterocycles. The molecule has 1 aromatic carbocycles. The van der Waals surface area contributed by atoms with Gasteiger partial charge in [-0.05, 0) is 31.9 Å². The number of amides is 2. The Morgan fingerprint density at radius 1 is 1.19 bits per heavy atom. The van der Waals surface area contributed by atoms with Gasteiger partial charge in [0.15, 0.2) is 0 Å². The topological polar surface area (TPSA) is 66.9 Å². The van der Waals surface area contributed by atoms with Crippen molar-refractivity contribution in [1.82, 2.24) is 4.90 Å². The Hall–Kier alpha value is -2.44. The molecule has 1 unspecified atom stereocenters. The molecule has 0 bridgehead atoms. The minimum absolute atomic E-state index is 0.0883. The summed E-state index contributed by atoms with van der Waals surface area (Å²) in [5, 5.41) is 0. The van der Waals surface area contributed by atoms with E-state index in [1.807, 2.05) is 0 Å². The number of hydrogen-bond acceptors (Lipinski definition) is 4. The molecule has 2 fully saturated rings. The number of hydrogen-bond donors (Lipinski definition) is 0. The number of ether oxygens (including phenoxy) is 1. The maximum atomic E-state index is 13.9. The van der Waals surface area contributed by atoms with Gasteiger partial charge < -0.3 is 14.5 Å². The van der Waals surface area contributed by atoms with Crippen LogP contribution in [0.2, 0.25) is 0 Å². The van der Waals surface area contributed by atoms with Crippen LogP contribution in [0, 0.1) is 17.7 Å². The lowest BCUT2D eigenvalue weighted by molar-refractivity contribution is -0.151. The maximum absolute atomic E-state index is 13.9. The van der Waals surface area contributed by atoms with Gasteiger partial charge in [-0.2, -0.15) is 0 Å². The molecule has 0 radical (unpaired) electrons. The van der Waals surface area contributed by atoms with Gasteiger partial charge in [0.1, 0.15) is 5.82 Å². The third-order valence-electron chi connectivity index (χ3n) is 5.04. The fraction of sp³-hybridized carbons (Fsp3) is 0.526. The van der Waals surface area contributed by atoms with Crippen LogP contribution in [-0.2, 0) is 19.1 Å². The van der Waals surface area contributed by atoms with Crippen molar-refractivity contribution in [2.75, 3.05) is 31.1 Å². The number of carbonyl (C=O) groups excluding carboxylic acids is 3. The van der Waals surface area contributed by atoms with E-state index in [9.17, 15) is 18.8 Å². The van der Waals surface area contributed by atoms with Gasteiger partial charge >= 0.3 is 5.97 Å². The summed E-state index contributed by atoms with van der Waals surface area (Å²) >= 11 is 0. The summed E-state index contributed by atoms with van der Waals surface area (Å²) in [6.07, 6.45) is 1.23. The molecular weight excluding hydrogens is 339 g/mol. The van der Waals surface area contributed by atoms with Gasteiger partial charge in [-0.25, -0.2) is 4.39 Å². The quantitative estimate of drug-likeness (QED) is 0.768. The van der Waals surface area contributed by atoms with Crippen LogP contribution >= 0.6 is 0 Å². The van der Waals surface area contributed by atoms with Crippen molar-refractivity contribution in [2.24, 2.45) is 11.8 Å². The SMILES string of the molecule is CCOC(=O)C1CCN(C(=O)C2CC(=O)N(c3ccccc3F)C2)CC1. The monoisotopic (exact) mass is 362 g/mol. The van der Waals surface area contributed by atoms with Crippen LogP contribution < -0.4 is 4.90 Å². The van der Waals surface area contributed by atoms with Gasteiger partial charge in [-0.3, -0.25) is 14.4 Å². The van der Waals surface area contributed by atoms with E-state index in [1.54, 1.807) is 30.0 Å². The van der Waals surface area contributed by atoms with Crippen molar-refractivity contribution in [3.05, 3.63) is 30.1 Å². The molecule has 3 rings (SSSR count). The normalized spacial score (nSPS) is 21.2. The summed E-state index contributed by atoms with van der Waals surface area (Å²) in [6.45, 7) is 3.28. The van der Waals surface area contributed by atoms with Crippen LogP contribution in [0.15, 0.2) is 24.3 Å². The summed E-state index contributed by atoms with van der Waals surface area (Å²) in [5.41, 5.74) is 0.216. The van der Waals surface area contributed by atoms with Crippen molar-refractivity contribution >= 4 is 23.5 Å². The van der Waals surface area contributed by atoms with Crippen LogP contribution in [0.5, 0.6) is 0 Å². The Morgan fingerprint density at radius 3 is 2.54 bits per heavy atom. The lowest BCUT2D eigenvalue weighted by Gasteiger charge is -2.32. The summed E-state index contributed by atoms with van der Waals surface area (Å²) in [7, 11) is 0. The fourth-order valence-electron chi connectivity index (χ4n) is 3.63. The van der Waals surface area contributed by atoms with Gasteiger partial charge in [0.2, 0.25) is 11.8 Å². The molecule has 1 aromatic rings. The molecule has 2 saturated heterocycles. The largest absolute Gasteiger partial charge is 0.466 e. The molecule has 7 heteroatoms. The van der Waals surface area contributed by atoms with E-state index < -0.39 is 11.7 Å². The molecule has 26 heavy (non-hydrogen) atoms. The first-order chi connectivity index (χ1) is 12.5. The van der Waals surface area contributed by atoms with Gasteiger partial charge in [-0.15, -0.1) is 0 Å². The number of nitrogens with zero attached hydrogens (tertiary/aromatic N) is 2. The molecule has 2 aliphatic rings. The highest BCUT2D eigenvalue weighted by Gasteiger charge is 2.39. The van der Waals surface area contributed by atoms with Crippen molar-refractivity contribution in [2.45, 2.75) is 26.2 Å². The highest BCUT2D eigenvalue weighted by Crippen LogP contribution is 2.29. The Bertz CT molecular complexity index is 701. The van der Waals surface area contributed by atoms with E-state index in [0.717, 1.165) is 0 Å². The van der Waals surface area contributed by atoms with E-state index in [2.05, 4.69) is 0 Å². The zero-order valence-corrected chi connectivity index (χ0v) is 14.8. The lowest BCUT2D eigenvalue weighted by Crippen LogP contribution is -2.44. The Balaban J connectivity index is 1.59. The molecule has 0 spiro atoms. The standard InChI is InChI=1S/C19H23FN2O4/c1-2-26-19(25)13-7-9-21(10-8-13)18(24)14-11-17(23)22(12-14)16-6-4-3-5-15(16)20/h3-6,13-14H,2,7-12H2,1H3. The first kappa shape index (κ1) is 18.4. The number of rotatable bonds is 4. The summed E-state index contributed by atoms with van der Waals surface area (Å²) in [6, 6.07) is 6.08. The number of halogens is 1. The minimum Gasteiger partial charge on any atom is -0.466 e. The number of benzene rings is 1. The van der Waals surface area contributed by atoms with E-state index in [4.69, 9.17) is 4.74 Å². The van der Waals surface area contributed by atoms with E-state index in [-0.39, 0.29) is 42.4 Å². The summed E-state index contributed by atoms with van der Waals surface area (Å²) in [4.78, 5) is 39.9. The summed E-state index contributed by atoms with van der Waals surface area (Å²) in [5.74, 6) is -1.65. The number of carbonyl (C=O) groups is 3. The smallest absolute Gasteiger partial charge is 0.309 e. The highest BCUT2D eigenvalue weighted by molar-refractivity contribution is 6.00. The third kappa shape index (κ3) is 3.71. The second-order valence-corrected chi connectivity index (χ2v) is 6.71. The van der Waals surface area contributed by atoms with Crippen LogP contribution in [0.4, 0.5) is 10.1 Å². The molecule has 140 valence electrons. The second kappa shape index (κ2) is 7.85. The molecular formula is C19H23FN2O4. The molecule has 0 aromatic heterocycles. The average Bonchev–Trinajstić information content (AvgIpc) is 3.03. The lowest BCUT2D eigenvalue weighted by atomic mass is 9.95. The molecule has 1 atom stereocenters. The van der Waals surface area contributed by atoms with Crippen LogP contribution in [0.1, 0.15) is 26.2 Å². The number of para-hydroxylation sites is 1. The predicted octanol–water partition coefficient (Wildman–Crippen LogP) is 1.98. The Kier molecular flexibility index (Phi) is 5.54. The first-order valence-electron chi connectivity index (χ1n) is 9.01. The molecule has 0 saturated carbocycles. The molecule has 0 N–H and O–H groups in total. The van der Waals surface area contributed by atoms with Crippen LogP contribution in [0.3, 0.4) is 0 Å². The van der Waals surface area contributed by atoms with Gasteiger partial charge in [0.05, 0.1) is 24.1 Å². The van der Waals surface area contributed by atoms with Crippen LogP contribution in [0.25, 0.3) is 0 Å². The van der Waals surface area contributed by atoms with E-state index in [1.165, 1.54) is 11.0 Å². The first-order valence-corrected chi connectivity index (χ1v) is 9.01. The Labute approximate surface area is 151 Å². The van der Waals surface area contributed by atoms with Crippen molar-refractivity contribution < 1.29 is 23.5 Å².